The highest BCUT2D eigenvalue weighted by molar-refractivity contribution is 5.92. The summed E-state index contributed by atoms with van der Waals surface area (Å²) in [4.78, 5) is 16.6. The van der Waals surface area contributed by atoms with E-state index in [9.17, 15) is 9.18 Å². The number of hydrogen-bond acceptors (Lipinski definition) is 5. The minimum Gasteiger partial charge on any atom is -0.484 e. The number of hydrogen-bond donors (Lipinski definition) is 1. The first-order valence-corrected chi connectivity index (χ1v) is 10.9. The lowest BCUT2D eigenvalue weighted by atomic mass is 10.2. The van der Waals surface area contributed by atoms with Crippen molar-refractivity contribution in [1.82, 2.24) is 14.8 Å². The summed E-state index contributed by atoms with van der Waals surface area (Å²) in [7, 11) is 0. The largest absolute Gasteiger partial charge is 0.484 e. The van der Waals surface area contributed by atoms with Crippen molar-refractivity contribution in [3.8, 4) is 28.8 Å². The number of carbonyl (C=O) groups excluding carboxylic acids is 1. The molecule has 0 spiro atoms. The molecule has 7 nitrogen and oxygen atoms in total. The average Bonchev–Trinajstić information content (AvgIpc) is 3.27. The van der Waals surface area contributed by atoms with Crippen LogP contribution in [0.2, 0.25) is 0 Å². The third-order valence-electron chi connectivity index (χ3n) is 4.76. The van der Waals surface area contributed by atoms with E-state index in [0.717, 1.165) is 0 Å². The van der Waals surface area contributed by atoms with Gasteiger partial charge in [-0.1, -0.05) is 44.2 Å². The number of nitrogens with one attached hydrogen (secondary N) is 1. The van der Waals surface area contributed by atoms with Gasteiger partial charge in [0.15, 0.2) is 12.4 Å². The number of benzene rings is 3. The van der Waals surface area contributed by atoms with E-state index in [0.29, 0.717) is 35.1 Å². The van der Waals surface area contributed by atoms with E-state index in [-0.39, 0.29) is 24.4 Å². The molecule has 3 aromatic carbocycles. The van der Waals surface area contributed by atoms with Crippen LogP contribution >= 0.6 is 0 Å². The van der Waals surface area contributed by atoms with Crippen molar-refractivity contribution >= 4 is 11.6 Å². The number of halogens is 1. The zero-order valence-electron chi connectivity index (χ0n) is 18.9. The smallest absolute Gasteiger partial charge is 0.336 e. The highest BCUT2D eigenvalue weighted by atomic mass is 19.1. The van der Waals surface area contributed by atoms with Gasteiger partial charge in [-0.25, -0.2) is 9.07 Å². The number of para-hydroxylation sites is 1. The maximum atomic E-state index is 14.5. The second-order valence-electron chi connectivity index (χ2n) is 8.01. The monoisotopic (exact) mass is 460 g/mol. The predicted octanol–water partition coefficient (Wildman–Crippen LogP) is 5.13. The van der Waals surface area contributed by atoms with Gasteiger partial charge in [0.25, 0.3) is 5.91 Å². The summed E-state index contributed by atoms with van der Waals surface area (Å²) in [6, 6.07) is 22.7. The molecule has 0 aliphatic heterocycles. The van der Waals surface area contributed by atoms with Crippen molar-refractivity contribution in [2.75, 3.05) is 18.5 Å². The molecule has 8 heteroatoms. The Morgan fingerprint density at radius 3 is 2.38 bits per heavy atom. The summed E-state index contributed by atoms with van der Waals surface area (Å²) in [6.45, 7) is 4.37. The third-order valence-corrected chi connectivity index (χ3v) is 4.76. The number of amides is 1. The fourth-order valence-electron chi connectivity index (χ4n) is 3.14. The molecule has 4 rings (SSSR count). The number of anilines is 1. The molecule has 0 bridgehead atoms. The second kappa shape index (κ2) is 10.6. The molecule has 174 valence electrons. The number of nitrogens with zero attached hydrogens (tertiary/aromatic N) is 3. The van der Waals surface area contributed by atoms with Gasteiger partial charge in [-0.15, -0.1) is 5.10 Å². The van der Waals surface area contributed by atoms with Gasteiger partial charge in [0.2, 0.25) is 0 Å². The van der Waals surface area contributed by atoms with Crippen LogP contribution in [0.1, 0.15) is 13.8 Å². The van der Waals surface area contributed by atoms with E-state index >= 15 is 0 Å². The molecule has 1 heterocycles. The Bertz CT molecular complexity index is 1240. The Labute approximate surface area is 197 Å². The maximum Gasteiger partial charge on any atom is 0.336 e. The first kappa shape index (κ1) is 23.0. The molecule has 1 amide bonds. The second-order valence-corrected chi connectivity index (χ2v) is 8.01. The van der Waals surface area contributed by atoms with Crippen molar-refractivity contribution in [3.05, 3.63) is 84.7 Å². The lowest BCUT2D eigenvalue weighted by molar-refractivity contribution is -0.118. The highest BCUT2D eigenvalue weighted by Crippen LogP contribution is 2.26. The van der Waals surface area contributed by atoms with Gasteiger partial charge in [-0.05, 0) is 54.4 Å². The summed E-state index contributed by atoms with van der Waals surface area (Å²) >= 11 is 0. The summed E-state index contributed by atoms with van der Waals surface area (Å²) in [5.74, 6) is 0.542. The molecule has 0 radical (unpaired) electrons. The minimum atomic E-state index is -0.408. The number of rotatable bonds is 9. The van der Waals surface area contributed by atoms with Crippen LogP contribution in [0.4, 0.5) is 10.1 Å². The summed E-state index contributed by atoms with van der Waals surface area (Å²) in [6.07, 6.45) is 0. The molecule has 0 fully saturated rings. The zero-order chi connectivity index (χ0) is 23.9. The third kappa shape index (κ3) is 5.78. The molecule has 0 saturated heterocycles. The lowest BCUT2D eigenvalue weighted by Crippen LogP contribution is -2.20. The Morgan fingerprint density at radius 1 is 0.971 bits per heavy atom. The van der Waals surface area contributed by atoms with Crippen molar-refractivity contribution in [3.63, 3.8) is 0 Å². The van der Waals surface area contributed by atoms with Gasteiger partial charge >= 0.3 is 6.01 Å². The normalized spacial score (nSPS) is 10.8. The molecule has 34 heavy (non-hydrogen) atoms. The van der Waals surface area contributed by atoms with Gasteiger partial charge in [-0.3, -0.25) is 4.79 Å². The van der Waals surface area contributed by atoms with E-state index in [4.69, 9.17) is 9.47 Å². The fourth-order valence-corrected chi connectivity index (χ4v) is 3.14. The van der Waals surface area contributed by atoms with E-state index in [1.165, 1.54) is 10.7 Å². The summed E-state index contributed by atoms with van der Waals surface area (Å²) in [5, 5.41) is 7.22. The van der Waals surface area contributed by atoms with E-state index < -0.39 is 5.82 Å². The van der Waals surface area contributed by atoms with Crippen molar-refractivity contribution < 1.29 is 18.7 Å². The van der Waals surface area contributed by atoms with E-state index in [1.807, 2.05) is 32.0 Å². The van der Waals surface area contributed by atoms with Crippen molar-refractivity contribution in [2.24, 2.45) is 5.92 Å². The molecule has 4 aromatic rings. The van der Waals surface area contributed by atoms with Crippen LogP contribution in [0.3, 0.4) is 0 Å². The Hall–Kier alpha value is -4.20. The quantitative estimate of drug-likeness (QED) is 0.375. The van der Waals surface area contributed by atoms with Crippen LogP contribution in [0, 0.1) is 11.7 Å². The zero-order valence-corrected chi connectivity index (χ0v) is 18.9. The van der Waals surface area contributed by atoms with E-state index in [1.54, 1.807) is 54.6 Å². The maximum absolute atomic E-state index is 14.5. The molecule has 0 saturated carbocycles. The topological polar surface area (TPSA) is 78.3 Å². The first-order valence-electron chi connectivity index (χ1n) is 10.9. The van der Waals surface area contributed by atoms with Crippen molar-refractivity contribution in [1.29, 1.82) is 0 Å². The summed E-state index contributed by atoms with van der Waals surface area (Å²) < 4.78 is 27.2. The molecule has 0 aliphatic carbocycles. The molecule has 1 aromatic heterocycles. The fraction of sp³-hybridized carbons (Fsp3) is 0.192. The van der Waals surface area contributed by atoms with Crippen LogP contribution < -0.4 is 14.8 Å². The standard InChI is InChI=1S/C26H25FN4O3/c1-18(2)16-34-26-29-25(22-10-6-7-11-23(22)27)31(30-26)20-14-12-19(13-15-20)28-24(32)17-33-21-8-4-3-5-9-21/h3-15,18H,16-17H2,1-2H3,(H,28,32). The molecule has 1 N–H and O–H groups in total. The highest BCUT2D eigenvalue weighted by Gasteiger charge is 2.18. The van der Waals surface area contributed by atoms with Gasteiger partial charge in [0, 0.05) is 5.69 Å². The Balaban J connectivity index is 1.52. The minimum absolute atomic E-state index is 0.108. The van der Waals surface area contributed by atoms with Crippen molar-refractivity contribution in [2.45, 2.75) is 13.8 Å². The summed E-state index contributed by atoms with van der Waals surface area (Å²) in [5.41, 5.74) is 1.54. The molecular formula is C26H25FN4O3. The average molecular weight is 461 g/mol. The molecule has 0 atom stereocenters. The van der Waals surface area contributed by atoms with E-state index in [2.05, 4.69) is 15.4 Å². The van der Waals surface area contributed by atoms with Crippen LogP contribution in [0.5, 0.6) is 11.8 Å². The Kier molecular flexibility index (Phi) is 7.17. The first-order chi connectivity index (χ1) is 16.5. The number of ether oxygens (including phenoxy) is 2. The number of carbonyl (C=O) groups is 1. The lowest BCUT2D eigenvalue weighted by Gasteiger charge is -2.09. The van der Waals surface area contributed by atoms with Crippen LogP contribution in [-0.4, -0.2) is 33.9 Å². The van der Waals surface area contributed by atoms with Crippen LogP contribution in [0.15, 0.2) is 78.9 Å². The number of aromatic nitrogens is 3. The van der Waals surface area contributed by atoms with Crippen LogP contribution in [0.25, 0.3) is 17.1 Å². The SMILES string of the molecule is CC(C)COc1nc(-c2ccccc2F)n(-c2ccc(NC(=O)COc3ccccc3)cc2)n1. The molecule has 0 unspecified atom stereocenters. The molecular weight excluding hydrogens is 435 g/mol. The Morgan fingerprint density at radius 2 is 1.68 bits per heavy atom. The molecule has 0 aliphatic rings. The van der Waals surface area contributed by atoms with Crippen LogP contribution in [-0.2, 0) is 4.79 Å². The predicted molar refractivity (Wildman–Crippen MR) is 128 cm³/mol. The van der Waals surface area contributed by atoms with Gasteiger partial charge in [0.1, 0.15) is 11.6 Å². The van der Waals surface area contributed by atoms with Gasteiger partial charge < -0.3 is 14.8 Å². The van der Waals surface area contributed by atoms with Gasteiger partial charge in [-0.2, -0.15) is 4.98 Å². The van der Waals surface area contributed by atoms with Gasteiger partial charge in [0.05, 0.1) is 17.9 Å².